The van der Waals surface area contributed by atoms with Gasteiger partial charge in [0.05, 0.1) is 5.56 Å². The predicted molar refractivity (Wildman–Crippen MR) is 107 cm³/mol. The minimum absolute atomic E-state index is 0.0293. The lowest BCUT2D eigenvalue weighted by Crippen LogP contribution is -2.37. The highest BCUT2D eigenvalue weighted by atomic mass is 16.2. The minimum Gasteiger partial charge on any atom is -0.378 e. The van der Waals surface area contributed by atoms with E-state index < -0.39 is 0 Å². The molecule has 6 nitrogen and oxygen atoms in total. The highest BCUT2D eigenvalue weighted by molar-refractivity contribution is 5.96. The Labute approximate surface area is 160 Å². The third-order valence-electron chi connectivity index (χ3n) is 5.06. The third-order valence-corrected chi connectivity index (χ3v) is 5.06. The number of carbonyl (C=O) groups excluding carboxylic acids is 2. The zero-order valence-corrected chi connectivity index (χ0v) is 16.6. The zero-order valence-electron chi connectivity index (χ0n) is 16.6. The maximum atomic E-state index is 12.9. The van der Waals surface area contributed by atoms with Crippen LogP contribution in [0.15, 0.2) is 30.3 Å². The molecule has 0 aliphatic carbocycles. The van der Waals surface area contributed by atoms with Crippen molar-refractivity contribution in [2.45, 2.75) is 20.3 Å². The fourth-order valence-corrected chi connectivity index (χ4v) is 3.54. The summed E-state index contributed by atoms with van der Waals surface area (Å²) in [6.07, 6.45) is 0.785. The number of nitrogens with one attached hydrogen (secondary N) is 1. The monoisotopic (exact) mass is 368 g/mol. The van der Waals surface area contributed by atoms with Crippen LogP contribution in [-0.4, -0.2) is 66.9 Å². The number of anilines is 1. The predicted octanol–water partition coefficient (Wildman–Crippen LogP) is 2.69. The smallest absolute Gasteiger partial charge is 0.255 e. The fourth-order valence-electron chi connectivity index (χ4n) is 3.54. The average Bonchev–Trinajstić information content (AvgIpc) is 2.85. The van der Waals surface area contributed by atoms with Crippen LogP contribution < -0.4 is 4.90 Å². The molecule has 2 aromatic rings. The molecule has 0 bridgehead atoms. The Kier molecular flexibility index (Phi) is 5.54. The van der Waals surface area contributed by atoms with Gasteiger partial charge in [-0.15, -0.1) is 0 Å². The maximum absolute atomic E-state index is 12.9. The van der Waals surface area contributed by atoms with Crippen LogP contribution in [0.4, 0.5) is 5.69 Å². The van der Waals surface area contributed by atoms with Crippen molar-refractivity contribution < 1.29 is 9.59 Å². The quantitative estimate of drug-likeness (QED) is 0.906. The Balaban J connectivity index is 1.69. The van der Waals surface area contributed by atoms with Crippen molar-refractivity contribution in [1.82, 2.24) is 14.8 Å². The van der Waals surface area contributed by atoms with Gasteiger partial charge in [0.25, 0.3) is 11.8 Å². The first-order valence-electron chi connectivity index (χ1n) is 9.39. The van der Waals surface area contributed by atoms with E-state index in [2.05, 4.69) is 4.98 Å². The Morgan fingerprint density at radius 2 is 1.63 bits per heavy atom. The lowest BCUT2D eigenvalue weighted by atomic mass is 10.1. The van der Waals surface area contributed by atoms with Crippen LogP contribution in [0.1, 0.15) is 38.5 Å². The van der Waals surface area contributed by atoms with Crippen molar-refractivity contribution in [3.8, 4) is 0 Å². The van der Waals surface area contributed by atoms with Crippen molar-refractivity contribution in [3.63, 3.8) is 0 Å². The molecule has 1 N–H and O–H groups in total. The number of hydrogen-bond donors (Lipinski definition) is 1. The summed E-state index contributed by atoms with van der Waals surface area (Å²) >= 11 is 0. The summed E-state index contributed by atoms with van der Waals surface area (Å²) < 4.78 is 0. The number of nitrogens with zero attached hydrogens (tertiary/aromatic N) is 3. The molecular weight excluding hydrogens is 340 g/mol. The van der Waals surface area contributed by atoms with Gasteiger partial charge in [0.2, 0.25) is 0 Å². The molecule has 0 atom stereocenters. The largest absolute Gasteiger partial charge is 0.378 e. The Morgan fingerprint density at radius 3 is 2.22 bits per heavy atom. The molecule has 6 heteroatoms. The Hall–Kier alpha value is -2.76. The lowest BCUT2D eigenvalue weighted by molar-refractivity contribution is 0.0718. The number of rotatable bonds is 3. The van der Waals surface area contributed by atoms with Crippen molar-refractivity contribution in [3.05, 3.63) is 52.8 Å². The fraction of sp³-hybridized carbons (Fsp3) is 0.429. The second kappa shape index (κ2) is 7.86. The van der Waals surface area contributed by atoms with Crippen molar-refractivity contribution in [1.29, 1.82) is 0 Å². The molecule has 1 aliphatic heterocycles. The first-order valence-corrected chi connectivity index (χ1v) is 9.39. The van der Waals surface area contributed by atoms with Crippen molar-refractivity contribution >= 4 is 17.5 Å². The van der Waals surface area contributed by atoms with E-state index in [1.165, 1.54) is 0 Å². The number of hydrogen-bond acceptors (Lipinski definition) is 3. The molecule has 1 fully saturated rings. The van der Waals surface area contributed by atoms with Crippen molar-refractivity contribution in [2.75, 3.05) is 45.2 Å². The van der Waals surface area contributed by atoms with Crippen LogP contribution in [0.3, 0.4) is 0 Å². The maximum Gasteiger partial charge on any atom is 0.255 e. The first-order chi connectivity index (χ1) is 12.9. The minimum atomic E-state index is 0.0293. The van der Waals surface area contributed by atoms with Gasteiger partial charge in [-0.1, -0.05) is 6.07 Å². The Bertz CT molecular complexity index is 840. The second-order valence-corrected chi connectivity index (χ2v) is 7.37. The summed E-state index contributed by atoms with van der Waals surface area (Å²) in [6.45, 7) is 6.32. The van der Waals surface area contributed by atoms with E-state index in [0.717, 1.165) is 29.1 Å². The molecule has 1 aromatic carbocycles. The number of carbonyl (C=O) groups is 2. The van der Waals surface area contributed by atoms with Crippen LogP contribution in [0.2, 0.25) is 0 Å². The molecular formula is C21H28N4O2. The molecule has 27 heavy (non-hydrogen) atoms. The Morgan fingerprint density at radius 1 is 0.963 bits per heavy atom. The molecule has 0 saturated carbocycles. The topological polar surface area (TPSA) is 59.7 Å². The molecule has 1 saturated heterocycles. The van der Waals surface area contributed by atoms with E-state index in [4.69, 9.17) is 0 Å². The molecule has 1 aromatic heterocycles. The summed E-state index contributed by atoms with van der Waals surface area (Å²) in [6, 6.07) is 9.57. The third kappa shape index (κ3) is 4.15. The van der Waals surface area contributed by atoms with Gasteiger partial charge in [0.1, 0.15) is 0 Å². The van der Waals surface area contributed by atoms with Crippen LogP contribution in [0, 0.1) is 13.8 Å². The molecule has 0 unspecified atom stereocenters. The summed E-state index contributed by atoms with van der Waals surface area (Å²) in [5, 5.41) is 0. The molecule has 2 heterocycles. The van der Waals surface area contributed by atoms with Crippen LogP contribution in [-0.2, 0) is 0 Å². The summed E-state index contributed by atoms with van der Waals surface area (Å²) in [7, 11) is 3.92. The molecule has 144 valence electrons. The highest BCUT2D eigenvalue weighted by Crippen LogP contribution is 2.18. The standard InChI is InChI=1S/C21H28N4O2/c1-15-13-19(16(2)22-15)21(27)25-10-6-9-24(11-12-25)20(26)17-7-5-8-18(14-17)23(3)4/h5,7-8,13-14,22H,6,9-12H2,1-4H3. The van der Waals surface area contributed by atoms with Gasteiger partial charge in [-0.05, 0) is 44.5 Å². The molecule has 0 spiro atoms. The summed E-state index contributed by atoms with van der Waals surface area (Å²) in [5.41, 5.74) is 4.31. The highest BCUT2D eigenvalue weighted by Gasteiger charge is 2.25. The van der Waals surface area contributed by atoms with E-state index in [-0.39, 0.29) is 11.8 Å². The SMILES string of the molecule is Cc1cc(C(=O)N2CCCN(C(=O)c3cccc(N(C)C)c3)CC2)c(C)[nH]1. The average molecular weight is 368 g/mol. The van der Waals surface area contributed by atoms with Gasteiger partial charge in [-0.25, -0.2) is 0 Å². The van der Waals surface area contributed by atoms with Crippen LogP contribution >= 0.6 is 0 Å². The summed E-state index contributed by atoms with van der Waals surface area (Å²) in [5.74, 6) is 0.0717. The number of amides is 2. The number of H-pyrrole nitrogens is 1. The second-order valence-electron chi connectivity index (χ2n) is 7.37. The molecule has 2 amide bonds. The van der Waals surface area contributed by atoms with E-state index in [0.29, 0.717) is 31.7 Å². The van der Waals surface area contributed by atoms with E-state index >= 15 is 0 Å². The van der Waals surface area contributed by atoms with Gasteiger partial charge in [-0.2, -0.15) is 0 Å². The molecule has 1 aliphatic rings. The van der Waals surface area contributed by atoms with Gasteiger partial charge >= 0.3 is 0 Å². The van der Waals surface area contributed by atoms with Crippen molar-refractivity contribution in [2.24, 2.45) is 0 Å². The summed E-state index contributed by atoms with van der Waals surface area (Å²) in [4.78, 5) is 34.7. The van der Waals surface area contributed by atoms with E-state index in [1.807, 2.05) is 73.0 Å². The van der Waals surface area contributed by atoms with Crippen LogP contribution in [0.5, 0.6) is 0 Å². The number of benzene rings is 1. The van der Waals surface area contributed by atoms with Gasteiger partial charge in [0.15, 0.2) is 0 Å². The number of aromatic amines is 1. The first kappa shape index (κ1) is 19.0. The zero-order chi connectivity index (χ0) is 19.6. The van der Waals surface area contributed by atoms with E-state index in [9.17, 15) is 9.59 Å². The number of aromatic nitrogens is 1. The number of aryl methyl sites for hydroxylation is 2. The van der Waals surface area contributed by atoms with Crippen LogP contribution in [0.25, 0.3) is 0 Å². The molecule has 3 rings (SSSR count). The lowest BCUT2D eigenvalue weighted by Gasteiger charge is -2.23. The van der Waals surface area contributed by atoms with E-state index in [1.54, 1.807) is 0 Å². The van der Waals surface area contributed by atoms with Gasteiger partial charge in [-0.3, -0.25) is 9.59 Å². The van der Waals surface area contributed by atoms with Gasteiger partial charge in [0, 0.05) is 62.9 Å². The normalized spacial score (nSPS) is 14.8. The molecule has 0 radical (unpaired) electrons. The van der Waals surface area contributed by atoms with Gasteiger partial charge < -0.3 is 19.7 Å².